The Morgan fingerprint density at radius 3 is 2.47 bits per heavy atom. The van der Waals surface area contributed by atoms with Crippen LogP contribution in [0.4, 0.5) is 18.9 Å². The molecule has 1 aromatic heterocycles. The number of nitrogens with two attached hydrogens (primary N) is 1. The van der Waals surface area contributed by atoms with Crippen molar-refractivity contribution in [2.24, 2.45) is 0 Å². The first kappa shape index (κ1) is 13.3. The van der Waals surface area contributed by atoms with Gasteiger partial charge in [0.05, 0.1) is 0 Å². The van der Waals surface area contributed by atoms with Crippen LogP contribution in [0.1, 0.15) is 5.89 Å². The van der Waals surface area contributed by atoms with E-state index >= 15 is 0 Å². The smallest absolute Gasteiger partial charge is 0.399 e. The molecule has 0 fully saturated rings. The fourth-order valence-corrected chi connectivity index (χ4v) is 1.13. The van der Waals surface area contributed by atoms with Crippen molar-refractivity contribution in [1.82, 2.24) is 10.1 Å². The second-order valence-electron chi connectivity index (χ2n) is 3.05. The number of aromatic nitrogens is 2. The number of halogens is 4. The normalized spacial score (nSPS) is 11.0. The largest absolute Gasteiger partial charge is 0.471 e. The monoisotopic (exact) mass is 265 g/mol. The lowest BCUT2D eigenvalue weighted by atomic mass is 10.2. The molecule has 92 valence electrons. The number of rotatable bonds is 1. The predicted octanol–water partition coefficient (Wildman–Crippen LogP) is 2.76. The van der Waals surface area contributed by atoms with Gasteiger partial charge in [0.2, 0.25) is 5.82 Å². The number of benzene rings is 1. The van der Waals surface area contributed by atoms with Gasteiger partial charge >= 0.3 is 12.1 Å². The van der Waals surface area contributed by atoms with E-state index in [1.807, 2.05) is 0 Å². The van der Waals surface area contributed by atoms with Crippen LogP contribution < -0.4 is 5.73 Å². The lowest BCUT2D eigenvalue weighted by Gasteiger charge is -1.97. The van der Waals surface area contributed by atoms with Crippen LogP contribution in [0.3, 0.4) is 0 Å². The first-order valence-electron chi connectivity index (χ1n) is 4.23. The summed E-state index contributed by atoms with van der Waals surface area (Å²) in [4.78, 5) is 3.23. The molecule has 0 aliphatic rings. The van der Waals surface area contributed by atoms with Gasteiger partial charge in [0, 0.05) is 11.3 Å². The highest BCUT2D eigenvalue weighted by Gasteiger charge is 2.38. The Morgan fingerprint density at radius 2 is 1.94 bits per heavy atom. The summed E-state index contributed by atoms with van der Waals surface area (Å²) in [6, 6.07) is 6.20. The molecule has 1 aromatic carbocycles. The van der Waals surface area contributed by atoms with E-state index in [1.165, 1.54) is 6.07 Å². The lowest BCUT2D eigenvalue weighted by molar-refractivity contribution is -0.159. The standard InChI is InChI=1S/C9H6F3N3O.ClH/c10-9(11,12)8-14-7(15-16-8)5-2-1-3-6(13)4-5;/h1-4H,13H2;1H. The van der Waals surface area contributed by atoms with Gasteiger partial charge in [-0.05, 0) is 12.1 Å². The van der Waals surface area contributed by atoms with Gasteiger partial charge in [-0.15, -0.1) is 12.4 Å². The molecule has 0 aliphatic carbocycles. The van der Waals surface area contributed by atoms with E-state index in [9.17, 15) is 13.2 Å². The second-order valence-corrected chi connectivity index (χ2v) is 3.05. The van der Waals surface area contributed by atoms with Crippen molar-refractivity contribution in [2.45, 2.75) is 6.18 Å². The molecular weight excluding hydrogens is 259 g/mol. The first-order chi connectivity index (χ1) is 7.47. The fourth-order valence-electron chi connectivity index (χ4n) is 1.13. The zero-order chi connectivity index (χ0) is 11.8. The summed E-state index contributed by atoms with van der Waals surface area (Å²) in [5.74, 6) is -1.51. The van der Waals surface area contributed by atoms with Crippen LogP contribution in [0.5, 0.6) is 0 Å². The van der Waals surface area contributed by atoms with Crippen molar-refractivity contribution in [3.63, 3.8) is 0 Å². The van der Waals surface area contributed by atoms with Crippen LogP contribution in [0.15, 0.2) is 28.8 Å². The number of alkyl halides is 3. The maximum absolute atomic E-state index is 12.2. The number of hydrogen-bond acceptors (Lipinski definition) is 4. The van der Waals surface area contributed by atoms with Gasteiger partial charge < -0.3 is 10.3 Å². The lowest BCUT2D eigenvalue weighted by Crippen LogP contribution is -2.04. The van der Waals surface area contributed by atoms with Crippen molar-refractivity contribution >= 4 is 18.1 Å². The highest BCUT2D eigenvalue weighted by Crippen LogP contribution is 2.29. The van der Waals surface area contributed by atoms with Crippen LogP contribution in [0.2, 0.25) is 0 Å². The Hall–Kier alpha value is -1.76. The van der Waals surface area contributed by atoms with Crippen LogP contribution in [0.25, 0.3) is 11.4 Å². The van der Waals surface area contributed by atoms with Crippen LogP contribution >= 0.6 is 12.4 Å². The second kappa shape index (κ2) is 4.62. The summed E-state index contributed by atoms with van der Waals surface area (Å²) >= 11 is 0. The van der Waals surface area contributed by atoms with Gasteiger partial charge in [0.1, 0.15) is 0 Å². The molecule has 1 heterocycles. The molecule has 2 rings (SSSR count). The van der Waals surface area contributed by atoms with Crippen molar-refractivity contribution in [1.29, 1.82) is 0 Å². The summed E-state index contributed by atoms with van der Waals surface area (Å²) < 4.78 is 40.6. The van der Waals surface area contributed by atoms with Gasteiger partial charge in [-0.1, -0.05) is 17.3 Å². The zero-order valence-corrected chi connectivity index (χ0v) is 9.05. The fraction of sp³-hybridized carbons (Fsp3) is 0.111. The quantitative estimate of drug-likeness (QED) is 0.805. The first-order valence-corrected chi connectivity index (χ1v) is 4.23. The highest BCUT2D eigenvalue weighted by atomic mass is 35.5. The Labute approximate surface area is 100 Å². The topological polar surface area (TPSA) is 64.9 Å². The molecule has 0 radical (unpaired) electrons. The third-order valence-corrected chi connectivity index (χ3v) is 1.81. The molecule has 0 spiro atoms. The molecule has 0 atom stereocenters. The molecule has 2 aromatic rings. The Bertz CT molecular complexity index is 512. The van der Waals surface area contributed by atoms with E-state index in [0.29, 0.717) is 11.3 Å². The number of nitrogen functional groups attached to an aromatic ring is 1. The molecule has 8 heteroatoms. The van der Waals surface area contributed by atoms with Crippen LogP contribution in [-0.2, 0) is 6.18 Å². The number of hydrogen-bond donors (Lipinski definition) is 1. The summed E-state index contributed by atoms with van der Waals surface area (Å²) in [6.45, 7) is 0. The third kappa shape index (κ3) is 2.88. The van der Waals surface area contributed by atoms with Gasteiger partial charge in [-0.3, -0.25) is 0 Å². The molecule has 0 saturated heterocycles. The van der Waals surface area contributed by atoms with Crippen molar-refractivity contribution in [3.8, 4) is 11.4 Å². The summed E-state index contributed by atoms with van der Waals surface area (Å²) in [5.41, 5.74) is 6.27. The summed E-state index contributed by atoms with van der Waals surface area (Å²) in [7, 11) is 0. The number of anilines is 1. The Morgan fingerprint density at radius 1 is 1.24 bits per heavy atom. The van der Waals surface area contributed by atoms with Crippen molar-refractivity contribution in [3.05, 3.63) is 30.2 Å². The molecule has 4 nitrogen and oxygen atoms in total. The van der Waals surface area contributed by atoms with E-state index in [0.717, 1.165) is 0 Å². The average molecular weight is 266 g/mol. The molecular formula is C9H7ClF3N3O. The SMILES string of the molecule is Cl.Nc1cccc(-c2noc(C(F)(F)F)n2)c1. The minimum absolute atomic E-state index is 0. The molecule has 17 heavy (non-hydrogen) atoms. The van der Waals surface area contributed by atoms with Crippen molar-refractivity contribution < 1.29 is 17.7 Å². The molecule has 0 saturated carbocycles. The average Bonchev–Trinajstić information content (AvgIpc) is 2.65. The third-order valence-electron chi connectivity index (χ3n) is 1.81. The van der Waals surface area contributed by atoms with Gasteiger partial charge in [-0.2, -0.15) is 18.2 Å². The Kier molecular flexibility index (Phi) is 3.62. The molecule has 0 amide bonds. The van der Waals surface area contributed by atoms with E-state index in [4.69, 9.17) is 5.73 Å². The molecule has 0 unspecified atom stereocenters. The van der Waals surface area contributed by atoms with E-state index in [2.05, 4.69) is 14.7 Å². The van der Waals surface area contributed by atoms with E-state index in [-0.39, 0.29) is 18.2 Å². The summed E-state index contributed by atoms with van der Waals surface area (Å²) in [5, 5.41) is 3.23. The zero-order valence-electron chi connectivity index (χ0n) is 8.23. The maximum atomic E-state index is 12.2. The van der Waals surface area contributed by atoms with Gasteiger partial charge in [-0.25, -0.2) is 0 Å². The predicted molar refractivity (Wildman–Crippen MR) is 56.4 cm³/mol. The van der Waals surface area contributed by atoms with Gasteiger partial charge in [0.25, 0.3) is 0 Å². The van der Waals surface area contributed by atoms with Crippen LogP contribution in [-0.4, -0.2) is 10.1 Å². The maximum Gasteiger partial charge on any atom is 0.471 e. The van der Waals surface area contributed by atoms with Crippen LogP contribution in [0, 0.1) is 0 Å². The van der Waals surface area contributed by atoms with Gasteiger partial charge in [0.15, 0.2) is 0 Å². The van der Waals surface area contributed by atoms with E-state index < -0.39 is 12.1 Å². The molecule has 0 bridgehead atoms. The summed E-state index contributed by atoms with van der Waals surface area (Å²) in [6.07, 6.45) is -4.63. The Balaban J connectivity index is 0.00000144. The highest BCUT2D eigenvalue weighted by molar-refractivity contribution is 5.85. The minimum atomic E-state index is -4.63. The minimum Gasteiger partial charge on any atom is -0.399 e. The number of nitrogens with zero attached hydrogens (tertiary/aromatic N) is 2. The molecule has 0 aliphatic heterocycles. The van der Waals surface area contributed by atoms with Crippen molar-refractivity contribution in [2.75, 3.05) is 5.73 Å². The van der Waals surface area contributed by atoms with E-state index in [1.54, 1.807) is 18.2 Å². The molecule has 2 N–H and O–H groups in total.